The Morgan fingerprint density at radius 2 is 2.04 bits per heavy atom. The molecule has 24 heavy (non-hydrogen) atoms. The van der Waals surface area contributed by atoms with Crippen molar-refractivity contribution in [3.63, 3.8) is 0 Å². The van der Waals surface area contributed by atoms with Crippen molar-refractivity contribution < 1.29 is 9.53 Å². The minimum Gasteiger partial charge on any atom is -0.492 e. The van der Waals surface area contributed by atoms with Crippen LogP contribution in [0.25, 0.3) is 0 Å². The van der Waals surface area contributed by atoms with Crippen LogP contribution in [-0.2, 0) is 4.79 Å². The van der Waals surface area contributed by atoms with Gasteiger partial charge in [-0.1, -0.05) is 23.9 Å². The van der Waals surface area contributed by atoms with Gasteiger partial charge in [-0.2, -0.15) is 0 Å². The monoisotopic (exact) mass is 343 g/mol. The van der Waals surface area contributed by atoms with E-state index in [1.807, 2.05) is 60.4 Å². The van der Waals surface area contributed by atoms with Gasteiger partial charge in [0, 0.05) is 12.4 Å². The van der Waals surface area contributed by atoms with Crippen LogP contribution in [0.3, 0.4) is 0 Å². The molecule has 1 aromatic carbocycles. The third-order valence-corrected chi connectivity index (χ3v) is 4.06. The largest absolute Gasteiger partial charge is 0.492 e. The quantitative estimate of drug-likeness (QED) is 0.667. The Morgan fingerprint density at radius 3 is 2.83 bits per heavy atom. The summed E-state index contributed by atoms with van der Waals surface area (Å²) in [7, 11) is 0. The lowest BCUT2D eigenvalue weighted by Gasteiger charge is -2.11. The fourth-order valence-electron chi connectivity index (χ4n) is 2.11. The van der Waals surface area contributed by atoms with E-state index in [9.17, 15) is 4.79 Å². The summed E-state index contributed by atoms with van der Waals surface area (Å²) in [4.78, 5) is 12.2. The van der Waals surface area contributed by atoms with E-state index in [0.29, 0.717) is 23.2 Å². The van der Waals surface area contributed by atoms with Gasteiger partial charge in [0.25, 0.3) is 0 Å². The third kappa shape index (κ3) is 3.77. The van der Waals surface area contributed by atoms with Crippen LogP contribution in [0.15, 0.2) is 60.3 Å². The second-order valence-corrected chi connectivity index (χ2v) is 5.73. The lowest BCUT2D eigenvalue weighted by Crippen LogP contribution is -2.16. The number of thioether (sulfide) groups is 1. The van der Waals surface area contributed by atoms with E-state index in [2.05, 4.69) is 15.5 Å². The molecule has 0 spiro atoms. The average molecular weight is 343 g/mol. The van der Waals surface area contributed by atoms with E-state index in [-0.39, 0.29) is 11.7 Å². The first kappa shape index (κ1) is 16.1. The highest BCUT2D eigenvalue weighted by atomic mass is 32.2. The van der Waals surface area contributed by atoms with Gasteiger partial charge in [-0.05, 0) is 31.2 Å². The van der Waals surface area contributed by atoms with E-state index < -0.39 is 0 Å². The summed E-state index contributed by atoms with van der Waals surface area (Å²) in [6, 6.07) is 11.2. The lowest BCUT2D eigenvalue weighted by atomic mass is 10.3. The maximum absolute atomic E-state index is 12.2. The van der Waals surface area contributed by atoms with Crippen LogP contribution in [-0.4, -0.2) is 37.8 Å². The smallest absolute Gasteiger partial charge is 0.234 e. The zero-order valence-corrected chi connectivity index (χ0v) is 13.9. The van der Waals surface area contributed by atoms with Gasteiger partial charge in [-0.15, -0.1) is 10.2 Å². The first-order valence-corrected chi connectivity index (χ1v) is 8.44. The normalized spacial score (nSPS) is 10.5. The number of amides is 1. The van der Waals surface area contributed by atoms with Gasteiger partial charge >= 0.3 is 0 Å². The van der Waals surface area contributed by atoms with Gasteiger partial charge in [0.2, 0.25) is 11.1 Å². The Labute approximate surface area is 143 Å². The molecule has 1 amide bonds. The van der Waals surface area contributed by atoms with Gasteiger partial charge in [0.1, 0.15) is 12.1 Å². The first-order valence-electron chi connectivity index (χ1n) is 7.46. The number of nitrogens with one attached hydrogen (secondary N) is 1. The van der Waals surface area contributed by atoms with Crippen molar-refractivity contribution in [2.24, 2.45) is 0 Å². The Bertz CT molecular complexity index is 800. The highest BCUT2D eigenvalue weighted by Crippen LogP contribution is 2.24. The summed E-state index contributed by atoms with van der Waals surface area (Å²) in [5.74, 6) is 0.753. The van der Waals surface area contributed by atoms with Crippen LogP contribution in [0.4, 0.5) is 5.69 Å². The molecule has 3 rings (SSSR count). The summed E-state index contributed by atoms with van der Waals surface area (Å²) >= 11 is 1.31. The molecule has 0 saturated carbocycles. The number of benzene rings is 1. The number of rotatable bonds is 7. The standard InChI is InChI=1S/C16H17N5O2S/c1-2-23-14-8-4-3-7-13(14)18-15(22)11-24-16-19-17-12-21(16)20-9-5-6-10-20/h3-10,12H,2,11H2,1H3,(H,18,22). The molecule has 8 heteroatoms. The number of nitrogens with zero attached hydrogens (tertiary/aromatic N) is 4. The van der Waals surface area contributed by atoms with Gasteiger partial charge in [-0.3, -0.25) is 9.47 Å². The molecule has 0 radical (unpaired) electrons. The zero-order chi connectivity index (χ0) is 16.8. The fraction of sp³-hybridized carbons (Fsp3) is 0.188. The molecule has 7 nitrogen and oxygen atoms in total. The van der Waals surface area contributed by atoms with Crippen molar-refractivity contribution in [2.75, 3.05) is 17.7 Å². The molecule has 1 N–H and O–H groups in total. The third-order valence-electron chi connectivity index (χ3n) is 3.13. The highest BCUT2D eigenvalue weighted by Gasteiger charge is 2.11. The molecular weight excluding hydrogens is 326 g/mol. The fourth-order valence-corrected chi connectivity index (χ4v) is 2.82. The molecular formula is C16H17N5O2S. The number of ether oxygens (including phenoxy) is 1. The number of aromatic nitrogens is 4. The van der Waals surface area contributed by atoms with E-state index in [1.54, 1.807) is 11.0 Å². The summed E-state index contributed by atoms with van der Waals surface area (Å²) in [5, 5.41) is 11.4. The highest BCUT2D eigenvalue weighted by molar-refractivity contribution is 7.99. The molecule has 0 fully saturated rings. The SMILES string of the molecule is CCOc1ccccc1NC(=O)CSc1nncn1-n1cccc1. The van der Waals surface area contributed by atoms with Crippen LogP contribution >= 0.6 is 11.8 Å². The second-order valence-electron chi connectivity index (χ2n) is 4.79. The molecule has 2 aromatic heterocycles. The van der Waals surface area contributed by atoms with Gasteiger partial charge in [0.05, 0.1) is 18.0 Å². The number of anilines is 1. The van der Waals surface area contributed by atoms with E-state index in [1.165, 1.54) is 11.8 Å². The van der Waals surface area contributed by atoms with Gasteiger partial charge < -0.3 is 10.1 Å². The Kier molecular flexibility index (Phi) is 5.17. The molecule has 0 saturated heterocycles. The van der Waals surface area contributed by atoms with Crippen LogP contribution < -0.4 is 10.1 Å². The van der Waals surface area contributed by atoms with Crippen molar-refractivity contribution in [2.45, 2.75) is 12.1 Å². The summed E-state index contributed by atoms with van der Waals surface area (Å²) in [6.07, 6.45) is 5.36. The Hall–Kier alpha value is -2.74. The molecule has 2 heterocycles. The van der Waals surface area contributed by atoms with Crippen LogP contribution in [0, 0.1) is 0 Å². The summed E-state index contributed by atoms with van der Waals surface area (Å²) in [6.45, 7) is 2.45. The topological polar surface area (TPSA) is 74.0 Å². The molecule has 3 aromatic rings. The predicted molar refractivity (Wildman–Crippen MR) is 92.2 cm³/mol. The molecule has 0 aliphatic heterocycles. The average Bonchev–Trinajstić information content (AvgIpc) is 3.26. The van der Waals surface area contributed by atoms with Crippen molar-refractivity contribution in [1.82, 2.24) is 19.5 Å². The van der Waals surface area contributed by atoms with Crippen LogP contribution in [0.5, 0.6) is 5.75 Å². The van der Waals surface area contributed by atoms with E-state index >= 15 is 0 Å². The van der Waals surface area contributed by atoms with Crippen molar-refractivity contribution >= 4 is 23.4 Å². The predicted octanol–water partition coefficient (Wildman–Crippen LogP) is 2.52. The molecule has 0 unspecified atom stereocenters. The minimum atomic E-state index is -0.130. The lowest BCUT2D eigenvalue weighted by molar-refractivity contribution is -0.113. The van der Waals surface area contributed by atoms with E-state index in [0.717, 1.165) is 0 Å². The van der Waals surface area contributed by atoms with Crippen LogP contribution in [0.2, 0.25) is 0 Å². The number of carbonyl (C=O) groups excluding carboxylic acids is 1. The number of para-hydroxylation sites is 2. The first-order chi connectivity index (χ1) is 11.8. The summed E-state index contributed by atoms with van der Waals surface area (Å²) in [5.41, 5.74) is 0.664. The van der Waals surface area contributed by atoms with Crippen molar-refractivity contribution in [1.29, 1.82) is 0 Å². The molecule has 0 aliphatic carbocycles. The molecule has 0 atom stereocenters. The minimum absolute atomic E-state index is 0.130. The summed E-state index contributed by atoms with van der Waals surface area (Å²) < 4.78 is 9.11. The number of hydrogen-bond donors (Lipinski definition) is 1. The van der Waals surface area contributed by atoms with Gasteiger partial charge in [-0.25, -0.2) is 4.68 Å². The Morgan fingerprint density at radius 1 is 1.25 bits per heavy atom. The number of carbonyl (C=O) groups is 1. The Balaban J connectivity index is 1.62. The van der Waals surface area contributed by atoms with Crippen LogP contribution in [0.1, 0.15) is 6.92 Å². The van der Waals surface area contributed by atoms with Crippen molar-refractivity contribution in [3.05, 3.63) is 55.1 Å². The maximum atomic E-state index is 12.2. The van der Waals surface area contributed by atoms with Crippen molar-refractivity contribution in [3.8, 4) is 5.75 Å². The zero-order valence-electron chi connectivity index (χ0n) is 13.1. The molecule has 0 aliphatic rings. The van der Waals surface area contributed by atoms with Gasteiger partial charge in [0.15, 0.2) is 0 Å². The maximum Gasteiger partial charge on any atom is 0.234 e. The number of hydrogen-bond acceptors (Lipinski definition) is 5. The second kappa shape index (κ2) is 7.69. The molecule has 124 valence electrons. The molecule has 0 bridgehead atoms. The van der Waals surface area contributed by atoms with E-state index in [4.69, 9.17) is 4.74 Å².